The number of ether oxygens (including phenoxy) is 1. The molecule has 1 aliphatic rings. The highest BCUT2D eigenvalue weighted by atomic mass is 16.6. The van der Waals surface area contributed by atoms with Gasteiger partial charge in [-0.2, -0.15) is 0 Å². The number of alkyl carbamates (subject to hydrolysis) is 1. The van der Waals surface area contributed by atoms with Crippen LogP contribution in [0.5, 0.6) is 0 Å². The van der Waals surface area contributed by atoms with Crippen LogP contribution < -0.4 is 5.32 Å². The van der Waals surface area contributed by atoms with E-state index >= 15 is 0 Å². The van der Waals surface area contributed by atoms with E-state index in [1.165, 1.54) is 0 Å². The van der Waals surface area contributed by atoms with Gasteiger partial charge in [0.1, 0.15) is 11.6 Å². The highest BCUT2D eigenvalue weighted by molar-refractivity contribution is 5.86. The Morgan fingerprint density at radius 2 is 1.56 bits per heavy atom. The number of carbonyl (C=O) groups excluding carboxylic acids is 2. The van der Waals surface area contributed by atoms with Gasteiger partial charge in [-0.25, -0.2) is 4.79 Å². The average Bonchev–Trinajstić information content (AvgIpc) is 3.04. The van der Waals surface area contributed by atoms with Crippen molar-refractivity contribution in [3.05, 3.63) is 71.3 Å². The molecule has 1 N–H and O–H groups in total. The molecule has 142 valence electrons. The Hall–Kier alpha value is -2.82. The molecule has 5 nitrogen and oxygen atoms in total. The summed E-state index contributed by atoms with van der Waals surface area (Å²) in [5.41, 5.74) is 2.68. The molecule has 3 rings (SSSR count). The summed E-state index contributed by atoms with van der Waals surface area (Å²) in [4.78, 5) is 27.3. The van der Waals surface area contributed by atoms with Crippen LogP contribution in [0.25, 0.3) is 0 Å². The highest BCUT2D eigenvalue weighted by Crippen LogP contribution is 2.23. The number of hydrogen-bond acceptors (Lipinski definition) is 3. The maximum Gasteiger partial charge on any atom is 0.408 e. The molecule has 1 atom stereocenters. The lowest BCUT2D eigenvalue weighted by Crippen LogP contribution is -2.49. The van der Waals surface area contributed by atoms with Crippen LogP contribution >= 0.6 is 0 Å². The second kappa shape index (κ2) is 7.82. The third-order valence-electron chi connectivity index (χ3n) is 4.42. The van der Waals surface area contributed by atoms with Gasteiger partial charge in [0.2, 0.25) is 5.91 Å². The first-order chi connectivity index (χ1) is 12.8. The maximum atomic E-state index is 13.2. The van der Waals surface area contributed by atoms with Gasteiger partial charge in [-0.15, -0.1) is 0 Å². The largest absolute Gasteiger partial charge is 0.444 e. The van der Waals surface area contributed by atoms with Crippen molar-refractivity contribution in [2.24, 2.45) is 0 Å². The first-order valence-electron chi connectivity index (χ1n) is 9.21. The predicted octanol–water partition coefficient (Wildman–Crippen LogP) is 3.66. The molecule has 0 spiro atoms. The summed E-state index contributed by atoms with van der Waals surface area (Å²) < 4.78 is 5.36. The van der Waals surface area contributed by atoms with Crippen molar-refractivity contribution in [1.29, 1.82) is 0 Å². The third kappa shape index (κ3) is 5.09. The van der Waals surface area contributed by atoms with E-state index in [1.807, 2.05) is 54.6 Å². The fourth-order valence-electron chi connectivity index (χ4n) is 3.21. The molecule has 1 aliphatic heterocycles. The number of fused-ring (bicyclic) bond motifs is 1. The van der Waals surface area contributed by atoms with Crippen LogP contribution in [0, 0.1) is 0 Å². The Balaban J connectivity index is 1.74. The molecule has 0 aromatic heterocycles. The normalized spacial score (nSPS) is 14.4. The minimum Gasteiger partial charge on any atom is -0.444 e. The lowest BCUT2D eigenvalue weighted by molar-refractivity contribution is -0.134. The summed E-state index contributed by atoms with van der Waals surface area (Å²) in [6.45, 7) is 6.54. The Morgan fingerprint density at radius 3 is 2.11 bits per heavy atom. The molecular formula is C22H26N2O3. The van der Waals surface area contributed by atoms with Crippen LogP contribution in [0.3, 0.4) is 0 Å². The van der Waals surface area contributed by atoms with Crippen LogP contribution in [0.4, 0.5) is 4.79 Å². The number of amides is 2. The third-order valence-corrected chi connectivity index (χ3v) is 4.42. The second-order valence-electron chi connectivity index (χ2n) is 7.85. The van der Waals surface area contributed by atoms with Crippen LogP contribution in [-0.2, 0) is 29.0 Å². The standard InChI is InChI=1S/C22H26N2O3/c1-22(2,3)27-21(26)23-19(13-16-9-5-4-6-10-16)20(25)24-14-17-11-7-8-12-18(17)15-24/h4-12,19H,13-15H2,1-3H3,(H,23,26)/t19-/m1/s1. The zero-order valence-electron chi connectivity index (χ0n) is 16.1. The van der Waals surface area contributed by atoms with Gasteiger partial charge in [0, 0.05) is 19.5 Å². The first kappa shape index (κ1) is 19.0. The van der Waals surface area contributed by atoms with Crippen molar-refractivity contribution in [3.8, 4) is 0 Å². The van der Waals surface area contributed by atoms with Gasteiger partial charge in [0.15, 0.2) is 0 Å². The monoisotopic (exact) mass is 366 g/mol. The Bertz CT molecular complexity index is 787. The molecule has 5 heteroatoms. The number of benzene rings is 2. The summed E-state index contributed by atoms with van der Waals surface area (Å²) in [5, 5.41) is 2.77. The number of nitrogens with one attached hydrogen (secondary N) is 1. The molecule has 27 heavy (non-hydrogen) atoms. The Labute approximate surface area is 160 Å². The fourth-order valence-corrected chi connectivity index (χ4v) is 3.21. The van der Waals surface area contributed by atoms with Crippen LogP contribution in [0.15, 0.2) is 54.6 Å². The van der Waals surface area contributed by atoms with E-state index < -0.39 is 17.7 Å². The number of carbonyl (C=O) groups is 2. The molecule has 0 saturated heterocycles. The van der Waals surface area contributed by atoms with Crippen molar-refractivity contribution in [2.45, 2.75) is 51.9 Å². The van der Waals surface area contributed by atoms with E-state index in [4.69, 9.17) is 4.74 Å². The zero-order chi connectivity index (χ0) is 19.4. The molecule has 0 fully saturated rings. The van der Waals surface area contributed by atoms with Crippen molar-refractivity contribution in [2.75, 3.05) is 0 Å². The molecule has 0 aliphatic carbocycles. The van der Waals surface area contributed by atoms with Gasteiger partial charge in [-0.05, 0) is 37.5 Å². The minimum absolute atomic E-state index is 0.0964. The quantitative estimate of drug-likeness (QED) is 0.898. The molecule has 2 amide bonds. The minimum atomic E-state index is -0.670. The number of rotatable bonds is 4. The smallest absolute Gasteiger partial charge is 0.408 e. The van der Waals surface area contributed by atoms with Gasteiger partial charge in [0.05, 0.1) is 0 Å². The molecule has 0 radical (unpaired) electrons. The van der Waals surface area contributed by atoms with Crippen LogP contribution in [0.2, 0.25) is 0 Å². The summed E-state index contributed by atoms with van der Waals surface area (Å²) in [7, 11) is 0. The van der Waals surface area contributed by atoms with E-state index in [1.54, 1.807) is 25.7 Å². The molecular weight excluding hydrogens is 340 g/mol. The summed E-state index contributed by atoms with van der Waals surface area (Å²) in [6, 6.07) is 17.1. The average molecular weight is 366 g/mol. The van der Waals surface area contributed by atoms with Crippen LogP contribution in [-0.4, -0.2) is 28.5 Å². The fraction of sp³-hybridized carbons (Fsp3) is 0.364. The van der Waals surface area contributed by atoms with E-state index in [2.05, 4.69) is 5.32 Å². The SMILES string of the molecule is CC(C)(C)OC(=O)N[C@H](Cc1ccccc1)C(=O)N1Cc2ccccc2C1. The van der Waals surface area contributed by atoms with Crippen molar-refractivity contribution >= 4 is 12.0 Å². The topological polar surface area (TPSA) is 58.6 Å². The molecule has 1 heterocycles. The van der Waals surface area contributed by atoms with Gasteiger partial charge in [0.25, 0.3) is 0 Å². The van der Waals surface area contributed by atoms with Gasteiger partial charge < -0.3 is 15.0 Å². The van der Waals surface area contributed by atoms with E-state index in [9.17, 15) is 9.59 Å². The van der Waals surface area contributed by atoms with Crippen molar-refractivity contribution < 1.29 is 14.3 Å². The van der Waals surface area contributed by atoms with E-state index in [0.29, 0.717) is 19.5 Å². The number of hydrogen-bond donors (Lipinski definition) is 1. The summed E-state index contributed by atoms with van der Waals surface area (Å²) in [6.07, 6.45) is -0.153. The molecule has 2 aromatic rings. The summed E-state index contributed by atoms with van der Waals surface area (Å²) >= 11 is 0. The van der Waals surface area contributed by atoms with E-state index in [0.717, 1.165) is 16.7 Å². The summed E-state index contributed by atoms with van der Waals surface area (Å²) in [5.74, 6) is -0.0964. The van der Waals surface area contributed by atoms with Gasteiger partial charge >= 0.3 is 6.09 Å². The highest BCUT2D eigenvalue weighted by Gasteiger charge is 2.31. The first-order valence-corrected chi connectivity index (χ1v) is 9.21. The predicted molar refractivity (Wildman–Crippen MR) is 104 cm³/mol. The van der Waals surface area contributed by atoms with E-state index in [-0.39, 0.29) is 5.91 Å². The Kier molecular flexibility index (Phi) is 5.49. The number of nitrogens with zero attached hydrogens (tertiary/aromatic N) is 1. The lowest BCUT2D eigenvalue weighted by Gasteiger charge is -2.26. The molecule has 0 unspecified atom stereocenters. The lowest BCUT2D eigenvalue weighted by atomic mass is 10.0. The zero-order valence-corrected chi connectivity index (χ0v) is 16.1. The maximum absolute atomic E-state index is 13.2. The molecule has 0 bridgehead atoms. The Morgan fingerprint density at radius 1 is 1.00 bits per heavy atom. The van der Waals surface area contributed by atoms with Crippen molar-refractivity contribution in [3.63, 3.8) is 0 Å². The molecule has 2 aromatic carbocycles. The van der Waals surface area contributed by atoms with Crippen molar-refractivity contribution in [1.82, 2.24) is 10.2 Å². The molecule has 0 saturated carbocycles. The van der Waals surface area contributed by atoms with Crippen LogP contribution in [0.1, 0.15) is 37.5 Å². The van der Waals surface area contributed by atoms with Gasteiger partial charge in [-0.1, -0.05) is 54.6 Å². The second-order valence-corrected chi connectivity index (χ2v) is 7.85. The van der Waals surface area contributed by atoms with Gasteiger partial charge in [-0.3, -0.25) is 4.79 Å².